The average Bonchev–Trinajstić information content (AvgIpc) is 2.39. The number of alkyl halides is 1. The maximum Gasteiger partial charge on any atom is 0.315 e. The normalized spacial score (nSPS) is 13.5. The number of hydrogen-bond acceptors (Lipinski definition) is 4. The van der Waals surface area contributed by atoms with Gasteiger partial charge in [-0.1, -0.05) is 30.3 Å². The van der Waals surface area contributed by atoms with Crippen LogP contribution in [0.2, 0.25) is 0 Å². The molecule has 3 nitrogen and oxygen atoms in total. The Morgan fingerprint density at radius 2 is 2.18 bits per heavy atom. The minimum Gasteiger partial charge on any atom is -0.468 e. The molecular weight excluding hydrogens is 258 g/mol. The monoisotopic (exact) mass is 269 g/mol. The van der Waals surface area contributed by atoms with Crippen LogP contribution < -0.4 is 0 Å². The van der Waals surface area contributed by atoms with Crippen molar-refractivity contribution in [2.45, 2.75) is 10.6 Å². The van der Waals surface area contributed by atoms with Gasteiger partial charge in [0.1, 0.15) is 5.38 Å². The number of ether oxygens (including phenoxy) is 1. The fourth-order valence-corrected chi connectivity index (χ4v) is 2.65. The first kappa shape index (κ1) is 13.9. The van der Waals surface area contributed by atoms with E-state index in [1.807, 2.05) is 36.4 Å². The smallest absolute Gasteiger partial charge is 0.315 e. The molecule has 0 spiro atoms. The summed E-state index contributed by atoms with van der Waals surface area (Å²) in [6.45, 7) is 0. The van der Waals surface area contributed by atoms with Crippen LogP contribution in [0, 0.1) is 11.3 Å². The van der Waals surface area contributed by atoms with Crippen molar-refractivity contribution < 1.29 is 9.53 Å². The maximum atomic E-state index is 11.1. The van der Waals surface area contributed by atoms with Crippen LogP contribution in [0.4, 0.5) is 0 Å². The predicted octanol–water partition coefficient (Wildman–Crippen LogP) is 2.76. The van der Waals surface area contributed by atoms with Crippen LogP contribution in [0.3, 0.4) is 0 Å². The number of nitriles is 1. The second-order valence-electron chi connectivity index (χ2n) is 3.25. The fraction of sp³-hybridized carbons (Fsp3) is 0.333. The summed E-state index contributed by atoms with van der Waals surface area (Å²) in [6, 6.07) is 11.4. The van der Waals surface area contributed by atoms with E-state index < -0.39 is 5.38 Å². The van der Waals surface area contributed by atoms with E-state index in [4.69, 9.17) is 16.9 Å². The van der Waals surface area contributed by atoms with Gasteiger partial charge in [-0.05, 0) is 5.56 Å². The topological polar surface area (TPSA) is 50.1 Å². The molecule has 5 heteroatoms. The second kappa shape index (κ2) is 7.21. The maximum absolute atomic E-state index is 11.1. The predicted molar refractivity (Wildman–Crippen MR) is 68.9 cm³/mol. The Morgan fingerprint density at radius 1 is 1.53 bits per heavy atom. The van der Waals surface area contributed by atoms with Gasteiger partial charge in [-0.25, -0.2) is 0 Å². The number of nitrogens with zero attached hydrogens (tertiary/aromatic N) is 1. The summed E-state index contributed by atoms with van der Waals surface area (Å²) in [6.07, 6.45) is 0. The Morgan fingerprint density at radius 3 is 2.71 bits per heavy atom. The lowest BCUT2D eigenvalue weighted by molar-refractivity contribution is -0.137. The zero-order valence-electron chi connectivity index (χ0n) is 9.30. The minimum atomic E-state index is -0.674. The molecule has 90 valence electrons. The van der Waals surface area contributed by atoms with Crippen molar-refractivity contribution in [3.63, 3.8) is 0 Å². The number of carbonyl (C=O) groups is 1. The Balaban J connectivity index is 2.76. The van der Waals surface area contributed by atoms with Gasteiger partial charge < -0.3 is 4.74 Å². The zero-order chi connectivity index (χ0) is 12.7. The SMILES string of the molecule is COC(=O)CSC(c1ccccc1)C(Cl)C#N. The standard InChI is InChI=1S/C12H12ClNO2S/c1-16-11(15)8-17-12(10(13)7-14)9-5-3-2-4-6-9/h2-6,10,12H,8H2,1H3. The fourth-order valence-electron chi connectivity index (χ4n) is 1.28. The Bertz CT molecular complexity index is 405. The molecule has 0 aliphatic rings. The number of halogens is 1. The highest BCUT2D eigenvalue weighted by atomic mass is 35.5. The van der Waals surface area contributed by atoms with E-state index in [2.05, 4.69) is 4.74 Å². The van der Waals surface area contributed by atoms with Gasteiger partial charge >= 0.3 is 5.97 Å². The molecule has 0 heterocycles. The summed E-state index contributed by atoms with van der Waals surface area (Å²) in [4.78, 5) is 11.1. The molecule has 17 heavy (non-hydrogen) atoms. The molecule has 0 fully saturated rings. The molecule has 2 unspecified atom stereocenters. The van der Waals surface area contributed by atoms with Gasteiger partial charge in [0.25, 0.3) is 0 Å². The lowest BCUT2D eigenvalue weighted by Crippen LogP contribution is -2.12. The van der Waals surface area contributed by atoms with Crippen molar-refractivity contribution in [1.82, 2.24) is 0 Å². The van der Waals surface area contributed by atoms with E-state index in [0.717, 1.165) is 5.56 Å². The van der Waals surface area contributed by atoms with Crippen molar-refractivity contribution >= 4 is 29.3 Å². The van der Waals surface area contributed by atoms with Gasteiger partial charge in [-0.15, -0.1) is 23.4 Å². The highest BCUT2D eigenvalue weighted by Crippen LogP contribution is 2.34. The van der Waals surface area contributed by atoms with Gasteiger partial charge in [-0.3, -0.25) is 4.79 Å². The first-order valence-electron chi connectivity index (χ1n) is 4.96. The van der Waals surface area contributed by atoms with Gasteiger partial charge in [0.2, 0.25) is 0 Å². The van der Waals surface area contributed by atoms with Crippen LogP contribution in [-0.2, 0) is 9.53 Å². The van der Waals surface area contributed by atoms with E-state index in [1.54, 1.807) is 0 Å². The molecular formula is C12H12ClNO2S. The molecule has 1 rings (SSSR count). The number of methoxy groups -OCH3 is 1. The van der Waals surface area contributed by atoms with E-state index in [0.29, 0.717) is 0 Å². The Hall–Kier alpha value is -1.18. The van der Waals surface area contributed by atoms with Crippen LogP contribution >= 0.6 is 23.4 Å². The molecule has 0 saturated heterocycles. The summed E-state index contributed by atoms with van der Waals surface area (Å²) >= 11 is 7.27. The molecule has 0 amide bonds. The molecule has 1 aromatic carbocycles. The lowest BCUT2D eigenvalue weighted by Gasteiger charge is -2.16. The molecule has 0 radical (unpaired) electrons. The van der Waals surface area contributed by atoms with Crippen molar-refractivity contribution in [2.75, 3.05) is 12.9 Å². The first-order valence-corrected chi connectivity index (χ1v) is 6.44. The highest BCUT2D eigenvalue weighted by molar-refractivity contribution is 8.00. The molecule has 0 aliphatic carbocycles. The third-order valence-corrected chi connectivity index (χ3v) is 3.93. The first-order chi connectivity index (χ1) is 8.19. The molecule has 1 aromatic rings. The van der Waals surface area contributed by atoms with E-state index in [-0.39, 0.29) is 17.0 Å². The van der Waals surface area contributed by atoms with Crippen LogP contribution in [-0.4, -0.2) is 24.2 Å². The van der Waals surface area contributed by atoms with Crippen molar-refractivity contribution in [3.05, 3.63) is 35.9 Å². The summed E-state index contributed by atoms with van der Waals surface area (Å²) in [5.41, 5.74) is 0.933. The van der Waals surface area contributed by atoms with E-state index >= 15 is 0 Å². The highest BCUT2D eigenvalue weighted by Gasteiger charge is 2.22. The molecule has 0 aromatic heterocycles. The van der Waals surface area contributed by atoms with Gasteiger partial charge in [0.15, 0.2) is 0 Å². The summed E-state index contributed by atoms with van der Waals surface area (Å²) in [5, 5.41) is 7.97. The van der Waals surface area contributed by atoms with Gasteiger partial charge in [0.05, 0.1) is 24.2 Å². The molecule has 0 N–H and O–H groups in total. The molecule has 0 saturated carbocycles. The second-order valence-corrected chi connectivity index (χ2v) is 4.85. The quantitative estimate of drug-likeness (QED) is 0.609. The number of rotatable bonds is 5. The Kier molecular flexibility index (Phi) is 5.88. The van der Waals surface area contributed by atoms with Crippen LogP contribution in [0.25, 0.3) is 0 Å². The van der Waals surface area contributed by atoms with Crippen LogP contribution in [0.5, 0.6) is 0 Å². The van der Waals surface area contributed by atoms with Gasteiger partial charge in [-0.2, -0.15) is 5.26 Å². The van der Waals surface area contributed by atoms with E-state index in [9.17, 15) is 4.79 Å². The van der Waals surface area contributed by atoms with Crippen molar-refractivity contribution in [1.29, 1.82) is 5.26 Å². The molecule has 0 bridgehead atoms. The van der Waals surface area contributed by atoms with Crippen LogP contribution in [0.1, 0.15) is 10.8 Å². The third-order valence-electron chi connectivity index (χ3n) is 2.13. The largest absolute Gasteiger partial charge is 0.468 e. The minimum absolute atomic E-state index is 0.182. The summed E-state index contributed by atoms with van der Waals surface area (Å²) in [7, 11) is 1.34. The van der Waals surface area contributed by atoms with Gasteiger partial charge in [0, 0.05) is 0 Å². The van der Waals surface area contributed by atoms with Crippen molar-refractivity contribution in [3.8, 4) is 6.07 Å². The Labute approximate surface area is 110 Å². The third kappa shape index (κ3) is 4.29. The number of thioether (sulfide) groups is 1. The number of carbonyl (C=O) groups excluding carboxylic acids is 1. The molecule has 2 atom stereocenters. The number of esters is 1. The molecule has 0 aliphatic heterocycles. The summed E-state index contributed by atoms with van der Waals surface area (Å²) in [5.74, 6) is -0.140. The van der Waals surface area contributed by atoms with Crippen LogP contribution in [0.15, 0.2) is 30.3 Å². The lowest BCUT2D eigenvalue weighted by atomic mass is 10.1. The number of hydrogen-bond donors (Lipinski definition) is 0. The number of benzene rings is 1. The van der Waals surface area contributed by atoms with Crippen molar-refractivity contribution in [2.24, 2.45) is 0 Å². The average molecular weight is 270 g/mol. The summed E-state index contributed by atoms with van der Waals surface area (Å²) < 4.78 is 4.56. The zero-order valence-corrected chi connectivity index (χ0v) is 10.9. The van der Waals surface area contributed by atoms with E-state index in [1.165, 1.54) is 18.9 Å².